The quantitative estimate of drug-likeness (QED) is 0.893. The topological polar surface area (TPSA) is 25.2 Å². The minimum atomic E-state index is 0.136. The average Bonchev–Trinajstić information content (AvgIpc) is 2.75. The normalized spacial score (nSPS) is 12.7. The van der Waals surface area contributed by atoms with Gasteiger partial charge in [-0.3, -0.25) is 0 Å². The minimum Gasteiger partial charge on any atom is -0.465 e. The molecule has 0 fully saturated rings. The van der Waals surface area contributed by atoms with Crippen LogP contribution in [0, 0.1) is 6.92 Å². The maximum Gasteiger partial charge on any atom is 0.121 e. The second kappa shape index (κ2) is 5.91. The van der Waals surface area contributed by atoms with Crippen molar-refractivity contribution in [1.29, 1.82) is 0 Å². The first kappa shape index (κ1) is 13.7. The molecule has 18 heavy (non-hydrogen) atoms. The molecule has 1 aromatic carbocycles. The summed E-state index contributed by atoms with van der Waals surface area (Å²) < 4.78 is 6.65. The summed E-state index contributed by atoms with van der Waals surface area (Å²) in [6.07, 6.45) is 0.801. The highest BCUT2D eigenvalue weighted by Gasteiger charge is 2.15. The monoisotopic (exact) mass is 327 g/mol. The van der Waals surface area contributed by atoms with E-state index in [2.05, 4.69) is 21.2 Å². The van der Waals surface area contributed by atoms with Crippen LogP contribution >= 0.6 is 27.5 Å². The van der Waals surface area contributed by atoms with Gasteiger partial charge in [0.15, 0.2) is 0 Å². The van der Waals surface area contributed by atoms with E-state index in [1.165, 1.54) is 0 Å². The molecule has 1 heterocycles. The molecule has 1 N–H and O–H groups in total. The molecule has 0 aliphatic rings. The van der Waals surface area contributed by atoms with Gasteiger partial charge in [-0.25, -0.2) is 0 Å². The molecule has 0 aliphatic heterocycles. The van der Waals surface area contributed by atoms with Gasteiger partial charge in [-0.2, -0.15) is 0 Å². The van der Waals surface area contributed by atoms with Crippen LogP contribution in [-0.2, 0) is 6.42 Å². The third-order valence-electron chi connectivity index (χ3n) is 2.89. The summed E-state index contributed by atoms with van der Waals surface area (Å²) in [6.45, 7) is 1.95. The Labute approximate surface area is 120 Å². The van der Waals surface area contributed by atoms with Crippen LogP contribution in [0.5, 0.6) is 0 Å². The van der Waals surface area contributed by atoms with Gasteiger partial charge in [0, 0.05) is 9.50 Å². The van der Waals surface area contributed by atoms with Gasteiger partial charge in [-0.15, -0.1) is 0 Å². The number of hydrogen-bond donors (Lipinski definition) is 1. The molecule has 1 aromatic heterocycles. The van der Waals surface area contributed by atoms with Crippen molar-refractivity contribution in [1.82, 2.24) is 5.32 Å². The van der Waals surface area contributed by atoms with E-state index >= 15 is 0 Å². The van der Waals surface area contributed by atoms with Crippen LogP contribution in [0.15, 0.2) is 39.2 Å². The van der Waals surface area contributed by atoms with E-state index in [1.807, 2.05) is 44.3 Å². The summed E-state index contributed by atoms with van der Waals surface area (Å²) >= 11 is 9.64. The van der Waals surface area contributed by atoms with E-state index in [0.29, 0.717) is 0 Å². The highest BCUT2D eigenvalue weighted by Crippen LogP contribution is 2.27. The van der Waals surface area contributed by atoms with E-state index in [9.17, 15) is 0 Å². The third kappa shape index (κ3) is 3.16. The molecule has 0 saturated carbocycles. The zero-order chi connectivity index (χ0) is 13.1. The largest absolute Gasteiger partial charge is 0.465 e. The van der Waals surface area contributed by atoms with Crippen LogP contribution < -0.4 is 5.32 Å². The summed E-state index contributed by atoms with van der Waals surface area (Å²) in [4.78, 5) is 0. The van der Waals surface area contributed by atoms with Crippen molar-refractivity contribution in [3.05, 3.63) is 56.9 Å². The van der Waals surface area contributed by atoms with Gasteiger partial charge >= 0.3 is 0 Å². The highest BCUT2D eigenvalue weighted by atomic mass is 79.9. The smallest absolute Gasteiger partial charge is 0.121 e. The van der Waals surface area contributed by atoms with Gasteiger partial charge in [-0.1, -0.05) is 33.6 Å². The lowest BCUT2D eigenvalue weighted by Gasteiger charge is -2.14. The molecule has 1 unspecified atom stereocenters. The molecule has 0 bridgehead atoms. The maximum absolute atomic E-state index is 6.23. The number of aryl methyl sites for hydroxylation is 1. The molecular weight excluding hydrogens is 314 g/mol. The van der Waals surface area contributed by atoms with Gasteiger partial charge in [0.05, 0.1) is 6.04 Å². The Hall–Kier alpha value is -0.770. The Morgan fingerprint density at radius 2 is 2.11 bits per heavy atom. The van der Waals surface area contributed by atoms with Crippen molar-refractivity contribution in [2.75, 3.05) is 7.05 Å². The van der Waals surface area contributed by atoms with E-state index < -0.39 is 0 Å². The fourth-order valence-corrected chi connectivity index (χ4v) is 2.64. The molecule has 0 saturated heterocycles. The number of halogens is 2. The first-order valence-corrected chi connectivity index (χ1v) is 6.95. The van der Waals surface area contributed by atoms with Crippen molar-refractivity contribution in [3.8, 4) is 0 Å². The van der Waals surface area contributed by atoms with Crippen LogP contribution in [-0.4, -0.2) is 7.05 Å². The van der Waals surface area contributed by atoms with E-state index in [1.54, 1.807) is 0 Å². The SMILES string of the molecule is CNC(Cc1ccc(Br)cc1Cl)c1ccc(C)o1. The lowest BCUT2D eigenvalue weighted by molar-refractivity contribution is 0.414. The zero-order valence-electron chi connectivity index (χ0n) is 10.3. The number of furan rings is 1. The van der Waals surface area contributed by atoms with Crippen LogP contribution in [0.2, 0.25) is 5.02 Å². The predicted octanol–water partition coefficient (Wildman–Crippen LogP) is 4.51. The number of benzene rings is 1. The van der Waals surface area contributed by atoms with Crippen LogP contribution in [0.4, 0.5) is 0 Å². The molecule has 1 atom stereocenters. The molecule has 2 aromatic rings. The van der Waals surface area contributed by atoms with E-state index in [-0.39, 0.29) is 6.04 Å². The number of likely N-dealkylation sites (N-methyl/N-ethyl adjacent to an activating group) is 1. The van der Waals surface area contributed by atoms with E-state index in [0.717, 1.165) is 33.0 Å². The first-order valence-electron chi connectivity index (χ1n) is 5.77. The van der Waals surface area contributed by atoms with Crippen LogP contribution in [0.1, 0.15) is 23.1 Å². The van der Waals surface area contributed by atoms with E-state index in [4.69, 9.17) is 16.0 Å². The van der Waals surface area contributed by atoms with Crippen LogP contribution in [0.25, 0.3) is 0 Å². The summed E-state index contributed by atoms with van der Waals surface area (Å²) in [5, 5.41) is 4.03. The fraction of sp³-hybridized carbons (Fsp3) is 0.286. The molecule has 4 heteroatoms. The summed E-state index contributed by atoms with van der Waals surface area (Å²) in [5.74, 6) is 1.86. The Kier molecular flexibility index (Phi) is 4.49. The first-order chi connectivity index (χ1) is 8.60. The fourth-order valence-electron chi connectivity index (χ4n) is 1.89. The Balaban J connectivity index is 2.20. The van der Waals surface area contributed by atoms with Gasteiger partial charge in [0.25, 0.3) is 0 Å². The van der Waals surface area contributed by atoms with Crippen molar-refractivity contribution in [3.63, 3.8) is 0 Å². The Morgan fingerprint density at radius 1 is 1.33 bits per heavy atom. The number of rotatable bonds is 4. The lowest BCUT2D eigenvalue weighted by Crippen LogP contribution is -2.18. The van der Waals surface area contributed by atoms with Gasteiger partial charge < -0.3 is 9.73 Å². The number of hydrogen-bond acceptors (Lipinski definition) is 2. The van der Waals surface area contributed by atoms with Crippen LogP contribution in [0.3, 0.4) is 0 Å². The molecule has 0 aliphatic carbocycles. The van der Waals surface area contributed by atoms with Gasteiger partial charge in [0.1, 0.15) is 11.5 Å². The van der Waals surface area contributed by atoms with Gasteiger partial charge in [-0.05, 0) is 50.2 Å². The van der Waals surface area contributed by atoms with Crippen molar-refractivity contribution in [2.24, 2.45) is 0 Å². The molecule has 0 amide bonds. The summed E-state index contributed by atoms with van der Waals surface area (Å²) in [5.41, 5.74) is 1.10. The molecule has 0 spiro atoms. The third-order valence-corrected chi connectivity index (χ3v) is 3.74. The highest BCUT2D eigenvalue weighted by molar-refractivity contribution is 9.10. The molecule has 2 nitrogen and oxygen atoms in total. The lowest BCUT2D eigenvalue weighted by atomic mass is 10.0. The maximum atomic E-state index is 6.23. The summed E-state index contributed by atoms with van der Waals surface area (Å²) in [7, 11) is 1.93. The van der Waals surface area contributed by atoms with Crippen molar-refractivity contribution >= 4 is 27.5 Å². The van der Waals surface area contributed by atoms with Gasteiger partial charge in [0.2, 0.25) is 0 Å². The molecule has 0 radical (unpaired) electrons. The second-order valence-corrected chi connectivity index (χ2v) is 5.55. The summed E-state index contributed by atoms with van der Waals surface area (Å²) in [6, 6.07) is 10.1. The molecular formula is C14H15BrClNO. The Bertz CT molecular complexity index is 538. The van der Waals surface area contributed by atoms with Crippen molar-refractivity contribution in [2.45, 2.75) is 19.4 Å². The average molecular weight is 329 g/mol. The van der Waals surface area contributed by atoms with Crippen molar-refractivity contribution < 1.29 is 4.42 Å². The molecule has 96 valence electrons. The molecule has 2 rings (SSSR count). The second-order valence-electron chi connectivity index (χ2n) is 4.23. The Morgan fingerprint density at radius 3 is 2.67 bits per heavy atom. The number of nitrogens with one attached hydrogen (secondary N) is 1. The standard InChI is InChI=1S/C14H15BrClNO/c1-9-3-6-14(18-9)13(17-2)7-10-4-5-11(15)8-12(10)16/h3-6,8,13,17H,7H2,1-2H3. The minimum absolute atomic E-state index is 0.136. The predicted molar refractivity (Wildman–Crippen MR) is 78.1 cm³/mol. The zero-order valence-corrected chi connectivity index (χ0v) is 12.7.